The van der Waals surface area contributed by atoms with Crippen molar-refractivity contribution in [3.05, 3.63) is 94.2 Å². The van der Waals surface area contributed by atoms with Crippen LogP contribution in [0.1, 0.15) is 20.7 Å². The lowest BCUT2D eigenvalue weighted by atomic mass is 10.1. The topological polar surface area (TPSA) is 69.2 Å². The lowest BCUT2D eigenvalue weighted by molar-refractivity contribution is 0.0476. The average Bonchev–Trinajstić information content (AvgIpc) is 2.78. The van der Waals surface area contributed by atoms with Gasteiger partial charge in [0.25, 0.3) is 0 Å². The first kappa shape index (κ1) is 20.0. The Morgan fingerprint density at radius 1 is 0.933 bits per heavy atom. The van der Waals surface area contributed by atoms with Crippen molar-refractivity contribution in [1.29, 1.82) is 0 Å². The standard InChI is InChI=1S/C23H14Cl2N2O3/c24-15-7-8-19(25)18(10-15)22(28)13-30-23(29)17-11-21(14-4-3-9-26-12-14)27-20-6-2-1-5-16(17)20/h1-12H,13H2. The number of nitrogens with zero attached hydrogens (tertiary/aromatic N) is 2. The third-order valence-electron chi connectivity index (χ3n) is 4.46. The molecule has 0 saturated carbocycles. The number of ketones is 1. The maximum atomic E-state index is 12.9. The number of aromatic nitrogens is 2. The van der Waals surface area contributed by atoms with Crippen molar-refractivity contribution < 1.29 is 14.3 Å². The van der Waals surface area contributed by atoms with Gasteiger partial charge < -0.3 is 4.74 Å². The summed E-state index contributed by atoms with van der Waals surface area (Å²) in [5, 5.41) is 1.24. The third-order valence-corrected chi connectivity index (χ3v) is 5.02. The largest absolute Gasteiger partial charge is 0.454 e. The minimum absolute atomic E-state index is 0.201. The predicted octanol–water partition coefficient (Wildman–Crippen LogP) is 5.64. The summed E-state index contributed by atoms with van der Waals surface area (Å²) >= 11 is 12.0. The molecule has 0 unspecified atom stereocenters. The van der Waals surface area contributed by atoms with Gasteiger partial charge in [-0.25, -0.2) is 9.78 Å². The van der Waals surface area contributed by atoms with Crippen molar-refractivity contribution in [2.24, 2.45) is 0 Å². The van der Waals surface area contributed by atoms with Gasteiger partial charge in [-0.15, -0.1) is 0 Å². The van der Waals surface area contributed by atoms with Crippen LogP contribution in [-0.2, 0) is 4.74 Å². The Labute approximate surface area is 182 Å². The van der Waals surface area contributed by atoms with Gasteiger partial charge in [0.15, 0.2) is 6.61 Å². The number of rotatable bonds is 5. The molecule has 148 valence electrons. The van der Waals surface area contributed by atoms with E-state index in [2.05, 4.69) is 9.97 Å². The highest BCUT2D eigenvalue weighted by molar-refractivity contribution is 6.36. The van der Waals surface area contributed by atoms with Crippen LogP contribution in [0.2, 0.25) is 10.0 Å². The Kier molecular flexibility index (Phi) is 5.74. The van der Waals surface area contributed by atoms with E-state index in [1.54, 1.807) is 42.7 Å². The number of hydrogen-bond donors (Lipinski definition) is 0. The lowest BCUT2D eigenvalue weighted by Gasteiger charge is -2.10. The summed E-state index contributed by atoms with van der Waals surface area (Å²) in [4.78, 5) is 34.0. The van der Waals surface area contributed by atoms with Crippen LogP contribution in [0, 0.1) is 0 Å². The number of para-hydroxylation sites is 1. The van der Waals surface area contributed by atoms with Gasteiger partial charge in [-0.05, 0) is 42.5 Å². The zero-order valence-corrected chi connectivity index (χ0v) is 17.0. The van der Waals surface area contributed by atoms with Crippen molar-refractivity contribution in [3.63, 3.8) is 0 Å². The number of carbonyl (C=O) groups is 2. The minimum Gasteiger partial charge on any atom is -0.454 e. The number of halogens is 2. The fraction of sp³-hybridized carbons (Fsp3) is 0.0435. The predicted molar refractivity (Wildman–Crippen MR) is 116 cm³/mol. The molecule has 0 aliphatic heterocycles. The Morgan fingerprint density at radius 2 is 1.77 bits per heavy atom. The van der Waals surface area contributed by atoms with E-state index in [1.165, 1.54) is 12.1 Å². The van der Waals surface area contributed by atoms with Crippen molar-refractivity contribution in [2.45, 2.75) is 0 Å². The van der Waals surface area contributed by atoms with E-state index in [1.807, 2.05) is 18.2 Å². The molecule has 0 atom stereocenters. The summed E-state index contributed by atoms with van der Waals surface area (Å²) in [5.74, 6) is -1.08. The Morgan fingerprint density at radius 3 is 2.57 bits per heavy atom. The molecular formula is C23H14Cl2N2O3. The second kappa shape index (κ2) is 8.61. The normalized spacial score (nSPS) is 10.7. The molecule has 0 aliphatic rings. The van der Waals surface area contributed by atoms with Gasteiger partial charge in [0.05, 0.1) is 21.8 Å². The summed E-state index contributed by atoms with van der Waals surface area (Å²) in [7, 11) is 0. The van der Waals surface area contributed by atoms with E-state index >= 15 is 0 Å². The molecule has 2 aromatic heterocycles. The fourth-order valence-electron chi connectivity index (χ4n) is 3.00. The number of esters is 1. The van der Waals surface area contributed by atoms with Crippen LogP contribution < -0.4 is 0 Å². The van der Waals surface area contributed by atoms with Crippen molar-refractivity contribution in [3.8, 4) is 11.3 Å². The first-order valence-electron chi connectivity index (χ1n) is 8.98. The molecule has 0 N–H and O–H groups in total. The van der Waals surface area contributed by atoms with Gasteiger partial charge in [-0.1, -0.05) is 41.4 Å². The molecule has 4 rings (SSSR count). The summed E-state index contributed by atoms with van der Waals surface area (Å²) < 4.78 is 5.30. The highest BCUT2D eigenvalue weighted by Crippen LogP contribution is 2.25. The number of ether oxygens (including phenoxy) is 1. The van der Waals surface area contributed by atoms with E-state index in [0.717, 1.165) is 5.56 Å². The Hall–Kier alpha value is -3.28. The Bertz CT molecular complexity index is 1260. The van der Waals surface area contributed by atoms with Crippen LogP contribution in [0.3, 0.4) is 0 Å². The molecule has 7 heteroatoms. The van der Waals surface area contributed by atoms with E-state index in [9.17, 15) is 9.59 Å². The van der Waals surface area contributed by atoms with Crippen molar-refractivity contribution in [1.82, 2.24) is 9.97 Å². The quantitative estimate of drug-likeness (QED) is 0.298. The van der Waals surface area contributed by atoms with Crippen LogP contribution >= 0.6 is 23.2 Å². The number of Topliss-reactive ketones (excluding diaryl/α,β-unsaturated/α-hetero) is 1. The van der Waals surface area contributed by atoms with Gasteiger partial charge in [-0.3, -0.25) is 9.78 Å². The molecule has 0 fully saturated rings. The average molecular weight is 437 g/mol. The second-order valence-electron chi connectivity index (χ2n) is 6.44. The van der Waals surface area contributed by atoms with Crippen LogP contribution in [0.4, 0.5) is 0 Å². The first-order valence-corrected chi connectivity index (χ1v) is 9.74. The maximum absolute atomic E-state index is 12.9. The molecule has 0 saturated heterocycles. The molecule has 0 spiro atoms. The first-order chi connectivity index (χ1) is 14.5. The lowest BCUT2D eigenvalue weighted by Crippen LogP contribution is -2.15. The molecular weight excluding hydrogens is 423 g/mol. The van der Waals surface area contributed by atoms with E-state index in [-0.39, 0.29) is 10.6 Å². The molecule has 30 heavy (non-hydrogen) atoms. The van der Waals surface area contributed by atoms with Gasteiger partial charge in [0.1, 0.15) is 0 Å². The fourth-order valence-corrected chi connectivity index (χ4v) is 3.40. The van der Waals surface area contributed by atoms with Crippen LogP contribution in [0.25, 0.3) is 22.2 Å². The van der Waals surface area contributed by atoms with Gasteiger partial charge >= 0.3 is 5.97 Å². The van der Waals surface area contributed by atoms with Gasteiger partial charge in [-0.2, -0.15) is 0 Å². The zero-order valence-electron chi connectivity index (χ0n) is 15.5. The van der Waals surface area contributed by atoms with Crippen LogP contribution in [-0.4, -0.2) is 28.3 Å². The number of fused-ring (bicyclic) bond motifs is 1. The van der Waals surface area contributed by atoms with Crippen LogP contribution in [0.15, 0.2) is 73.1 Å². The molecule has 2 heterocycles. The minimum atomic E-state index is -0.634. The monoisotopic (exact) mass is 436 g/mol. The molecule has 0 bridgehead atoms. The molecule has 5 nitrogen and oxygen atoms in total. The number of hydrogen-bond acceptors (Lipinski definition) is 5. The summed E-state index contributed by atoms with van der Waals surface area (Å²) in [6, 6.07) is 17.1. The smallest absolute Gasteiger partial charge is 0.339 e. The summed E-state index contributed by atoms with van der Waals surface area (Å²) in [5.41, 5.74) is 2.49. The van der Waals surface area contributed by atoms with E-state index in [4.69, 9.17) is 27.9 Å². The Balaban J connectivity index is 1.64. The number of pyridine rings is 2. The second-order valence-corrected chi connectivity index (χ2v) is 7.28. The molecule has 2 aromatic carbocycles. The van der Waals surface area contributed by atoms with Gasteiger partial charge in [0.2, 0.25) is 5.78 Å². The highest BCUT2D eigenvalue weighted by atomic mass is 35.5. The third kappa shape index (κ3) is 4.17. The maximum Gasteiger partial charge on any atom is 0.339 e. The molecule has 0 aliphatic carbocycles. The summed E-state index contributed by atoms with van der Waals surface area (Å²) in [6.07, 6.45) is 3.32. The van der Waals surface area contributed by atoms with Gasteiger partial charge in [0, 0.05) is 33.9 Å². The van der Waals surface area contributed by atoms with E-state index < -0.39 is 18.4 Å². The number of benzene rings is 2. The number of carbonyl (C=O) groups excluding carboxylic acids is 2. The molecule has 4 aromatic rings. The van der Waals surface area contributed by atoms with E-state index in [0.29, 0.717) is 27.2 Å². The van der Waals surface area contributed by atoms with Crippen molar-refractivity contribution in [2.75, 3.05) is 6.61 Å². The van der Waals surface area contributed by atoms with Crippen LogP contribution in [0.5, 0.6) is 0 Å². The molecule has 0 radical (unpaired) electrons. The molecule has 0 amide bonds. The zero-order chi connectivity index (χ0) is 21.1. The SMILES string of the molecule is O=C(COC(=O)c1cc(-c2cccnc2)nc2ccccc12)c1cc(Cl)ccc1Cl. The van der Waals surface area contributed by atoms with Crippen molar-refractivity contribution >= 4 is 45.9 Å². The summed E-state index contributed by atoms with van der Waals surface area (Å²) in [6.45, 7) is -0.461. The highest BCUT2D eigenvalue weighted by Gasteiger charge is 2.18.